The molecule has 0 bridgehead atoms. The molecule has 2 aromatic heterocycles. The molecule has 0 spiro atoms. The number of aromatic nitrogens is 4. The second-order valence-electron chi connectivity index (χ2n) is 7.24. The van der Waals surface area contributed by atoms with Gasteiger partial charge in [-0.3, -0.25) is 9.48 Å². The van der Waals surface area contributed by atoms with E-state index in [0.29, 0.717) is 18.2 Å². The number of aryl methyl sites for hydroxylation is 3. The maximum Gasteiger partial charge on any atom is 0.270 e. The van der Waals surface area contributed by atoms with Crippen molar-refractivity contribution in [3.8, 4) is 5.69 Å². The van der Waals surface area contributed by atoms with Crippen LogP contribution in [0.1, 0.15) is 52.8 Å². The minimum absolute atomic E-state index is 0.0772. The molecule has 27 heavy (non-hydrogen) atoms. The third-order valence-corrected chi connectivity index (χ3v) is 4.89. The summed E-state index contributed by atoms with van der Waals surface area (Å²) in [7, 11) is 0. The van der Waals surface area contributed by atoms with Crippen LogP contribution in [0.2, 0.25) is 0 Å². The number of para-hydroxylation sites is 1. The van der Waals surface area contributed by atoms with Gasteiger partial charge in [-0.05, 0) is 57.4 Å². The molecule has 6 nitrogen and oxygen atoms in total. The summed E-state index contributed by atoms with van der Waals surface area (Å²) >= 11 is 0. The highest BCUT2D eigenvalue weighted by Gasteiger charge is 2.28. The van der Waals surface area contributed by atoms with Gasteiger partial charge in [-0.1, -0.05) is 18.2 Å². The molecule has 1 aromatic carbocycles. The lowest BCUT2D eigenvalue weighted by atomic mass is 10.2. The Morgan fingerprint density at radius 3 is 2.59 bits per heavy atom. The minimum atomic E-state index is -0.0772. The zero-order chi connectivity index (χ0) is 18.8. The number of amides is 1. The maximum atomic E-state index is 12.8. The van der Waals surface area contributed by atoms with Crippen molar-refractivity contribution in [2.24, 2.45) is 0 Å². The molecule has 1 fully saturated rings. The Hall–Kier alpha value is -2.89. The van der Waals surface area contributed by atoms with E-state index in [9.17, 15) is 4.79 Å². The Labute approximate surface area is 159 Å². The van der Waals surface area contributed by atoms with Gasteiger partial charge in [-0.25, -0.2) is 4.68 Å². The molecule has 1 amide bonds. The summed E-state index contributed by atoms with van der Waals surface area (Å²) in [5.41, 5.74) is 4.71. The Morgan fingerprint density at radius 2 is 1.93 bits per heavy atom. The second kappa shape index (κ2) is 7.39. The lowest BCUT2D eigenvalue weighted by Gasteiger charge is -2.09. The quantitative estimate of drug-likeness (QED) is 0.655. The molecular formula is C21H25N5O. The highest BCUT2D eigenvalue weighted by atomic mass is 16.2. The SMILES string of the molecule is Cc1cc(C)n(CCCNC(=O)c2cc(C3CC3)nn2-c2ccccc2)n1. The zero-order valence-electron chi connectivity index (χ0n) is 15.9. The third-order valence-electron chi connectivity index (χ3n) is 4.89. The van der Waals surface area contributed by atoms with Crippen molar-refractivity contribution in [2.45, 2.75) is 45.6 Å². The van der Waals surface area contributed by atoms with Crippen molar-refractivity contribution in [1.29, 1.82) is 0 Å². The summed E-state index contributed by atoms with van der Waals surface area (Å²) in [6, 6.07) is 13.9. The van der Waals surface area contributed by atoms with Gasteiger partial charge in [0.25, 0.3) is 5.91 Å². The predicted molar refractivity (Wildman–Crippen MR) is 104 cm³/mol. The van der Waals surface area contributed by atoms with Crippen LogP contribution in [0.5, 0.6) is 0 Å². The van der Waals surface area contributed by atoms with Crippen molar-refractivity contribution in [2.75, 3.05) is 6.54 Å². The van der Waals surface area contributed by atoms with Crippen LogP contribution < -0.4 is 5.32 Å². The first-order chi connectivity index (χ1) is 13.1. The molecule has 0 unspecified atom stereocenters. The smallest absolute Gasteiger partial charge is 0.270 e. The first-order valence-electron chi connectivity index (χ1n) is 9.56. The monoisotopic (exact) mass is 363 g/mol. The highest BCUT2D eigenvalue weighted by Crippen LogP contribution is 2.39. The molecule has 1 N–H and O–H groups in total. The van der Waals surface area contributed by atoms with E-state index in [1.807, 2.05) is 48.0 Å². The van der Waals surface area contributed by atoms with Crippen molar-refractivity contribution in [3.05, 3.63) is 65.2 Å². The molecule has 2 heterocycles. The van der Waals surface area contributed by atoms with E-state index in [2.05, 4.69) is 23.4 Å². The average molecular weight is 363 g/mol. The van der Waals surface area contributed by atoms with E-state index in [1.54, 1.807) is 4.68 Å². The van der Waals surface area contributed by atoms with Gasteiger partial charge in [0, 0.05) is 24.7 Å². The number of benzene rings is 1. The highest BCUT2D eigenvalue weighted by molar-refractivity contribution is 5.93. The number of carbonyl (C=O) groups excluding carboxylic acids is 1. The standard InChI is InChI=1S/C21H25N5O/c1-15-13-16(2)25(23-15)12-6-11-22-21(27)20-14-19(17-9-10-17)24-26(20)18-7-4-3-5-8-18/h3-5,7-8,13-14,17H,6,9-12H2,1-2H3,(H,22,27). The van der Waals surface area contributed by atoms with Crippen LogP contribution in [0, 0.1) is 13.8 Å². The van der Waals surface area contributed by atoms with Gasteiger partial charge >= 0.3 is 0 Å². The van der Waals surface area contributed by atoms with E-state index in [1.165, 1.54) is 0 Å². The fourth-order valence-electron chi connectivity index (χ4n) is 3.33. The van der Waals surface area contributed by atoms with Gasteiger partial charge in [0.05, 0.1) is 17.1 Å². The number of nitrogens with zero attached hydrogens (tertiary/aromatic N) is 4. The van der Waals surface area contributed by atoms with Crippen LogP contribution in [0.15, 0.2) is 42.5 Å². The zero-order valence-corrected chi connectivity index (χ0v) is 15.9. The minimum Gasteiger partial charge on any atom is -0.351 e. The summed E-state index contributed by atoms with van der Waals surface area (Å²) in [5, 5.41) is 12.2. The van der Waals surface area contributed by atoms with Crippen LogP contribution in [0.3, 0.4) is 0 Å². The summed E-state index contributed by atoms with van der Waals surface area (Å²) < 4.78 is 3.75. The molecule has 0 saturated heterocycles. The summed E-state index contributed by atoms with van der Waals surface area (Å²) in [6.07, 6.45) is 3.16. The van der Waals surface area contributed by atoms with Crippen LogP contribution in [-0.4, -0.2) is 32.0 Å². The van der Waals surface area contributed by atoms with Crippen LogP contribution >= 0.6 is 0 Å². The summed E-state index contributed by atoms with van der Waals surface area (Å²) in [6.45, 7) is 5.45. The average Bonchev–Trinajstić information content (AvgIpc) is 3.34. The molecule has 0 radical (unpaired) electrons. The van der Waals surface area contributed by atoms with Gasteiger partial charge in [0.2, 0.25) is 0 Å². The fourth-order valence-corrected chi connectivity index (χ4v) is 3.33. The Morgan fingerprint density at radius 1 is 1.15 bits per heavy atom. The summed E-state index contributed by atoms with van der Waals surface area (Å²) in [4.78, 5) is 12.8. The second-order valence-corrected chi connectivity index (χ2v) is 7.24. The lowest BCUT2D eigenvalue weighted by molar-refractivity contribution is 0.0945. The molecule has 4 rings (SSSR count). The van der Waals surface area contributed by atoms with E-state index < -0.39 is 0 Å². The molecule has 140 valence electrons. The van der Waals surface area contributed by atoms with E-state index in [4.69, 9.17) is 5.10 Å². The van der Waals surface area contributed by atoms with Gasteiger partial charge in [-0.2, -0.15) is 10.2 Å². The van der Waals surface area contributed by atoms with Crippen molar-refractivity contribution in [1.82, 2.24) is 24.9 Å². The first kappa shape index (κ1) is 17.5. The lowest BCUT2D eigenvalue weighted by Crippen LogP contribution is -2.27. The number of carbonyl (C=O) groups is 1. The number of rotatable bonds is 7. The van der Waals surface area contributed by atoms with Crippen molar-refractivity contribution in [3.63, 3.8) is 0 Å². The third kappa shape index (κ3) is 3.94. The van der Waals surface area contributed by atoms with E-state index >= 15 is 0 Å². The van der Waals surface area contributed by atoms with Crippen molar-refractivity contribution >= 4 is 5.91 Å². The molecule has 0 atom stereocenters. The molecule has 6 heteroatoms. The largest absolute Gasteiger partial charge is 0.351 e. The number of hydrogen-bond donors (Lipinski definition) is 1. The number of hydrogen-bond acceptors (Lipinski definition) is 3. The van der Waals surface area contributed by atoms with Crippen LogP contribution in [0.25, 0.3) is 5.69 Å². The molecular weight excluding hydrogens is 338 g/mol. The predicted octanol–water partition coefficient (Wildman–Crippen LogP) is 3.38. The van der Waals surface area contributed by atoms with Gasteiger partial charge in [-0.15, -0.1) is 0 Å². The Balaban J connectivity index is 1.42. The molecule has 1 saturated carbocycles. The van der Waals surface area contributed by atoms with Crippen LogP contribution in [-0.2, 0) is 6.54 Å². The Kier molecular flexibility index (Phi) is 4.79. The molecule has 1 aliphatic carbocycles. The Bertz CT molecular complexity index is 937. The van der Waals surface area contributed by atoms with Crippen molar-refractivity contribution < 1.29 is 4.79 Å². The van der Waals surface area contributed by atoms with Gasteiger partial charge in [0.15, 0.2) is 0 Å². The maximum absolute atomic E-state index is 12.8. The number of nitrogens with one attached hydrogen (secondary N) is 1. The topological polar surface area (TPSA) is 64.7 Å². The normalized spacial score (nSPS) is 13.7. The molecule has 1 aliphatic rings. The van der Waals surface area contributed by atoms with Gasteiger partial charge < -0.3 is 5.32 Å². The van der Waals surface area contributed by atoms with E-state index in [0.717, 1.165) is 48.6 Å². The van der Waals surface area contributed by atoms with Gasteiger partial charge in [0.1, 0.15) is 5.69 Å². The molecule has 3 aromatic rings. The first-order valence-corrected chi connectivity index (χ1v) is 9.56. The summed E-state index contributed by atoms with van der Waals surface area (Å²) in [5.74, 6) is 0.430. The van der Waals surface area contributed by atoms with E-state index in [-0.39, 0.29) is 5.91 Å². The van der Waals surface area contributed by atoms with Crippen LogP contribution in [0.4, 0.5) is 0 Å². The molecule has 0 aliphatic heterocycles. The fraction of sp³-hybridized carbons (Fsp3) is 0.381.